The summed E-state index contributed by atoms with van der Waals surface area (Å²) in [5, 5.41) is 6.74. The van der Waals surface area contributed by atoms with E-state index in [1.807, 2.05) is 30.3 Å². The summed E-state index contributed by atoms with van der Waals surface area (Å²) in [6, 6.07) is 9.28. The first-order valence-electron chi connectivity index (χ1n) is 8.88. The summed E-state index contributed by atoms with van der Waals surface area (Å²) >= 11 is 0. The Labute approximate surface area is 171 Å². The maximum Gasteiger partial charge on any atom is 0.262 e. The molecule has 1 aromatic carbocycles. The maximum atomic E-state index is 13.0. The molecule has 10 heteroatoms. The Bertz CT molecular complexity index is 1190. The van der Waals surface area contributed by atoms with Gasteiger partial charge in [-0.05, 0) is 6.92 Å². The summed E-state index contributed by atoms with van der Waals surface area (Å²) in [6.07, 6.45) is 4.53. The number of amides is 1. The second kappa shape index (κ2) is 7.95. The van der Waals surface area contributed by atoms with Crippen LogP contribution >= 0.6 is 0 Å². The molecule has 0 bridgehead atoms. The first-order valence-corrected chi connectivity index (χ1v) is 8.88. The molecule has 4 rings (SSSR count). The van der Waals surface area contributed by atoms with Gasteiger partial charge in [-0.2, -0.15) is 0 Å². The van der Waals surface area contributed by atoms with E-state index in [-0.39, 0.29) is 17.6 Å². The van der Waals surface area contributed by atoms with E-state index in [2.05, 4.69) is 30.4 Å². The van der Waals surface area contributed by atoms with E-state index in [1.165, 1.54) is 25.7 Å². The largest absolute Gasteiger partial charge is 0.478 e. The molecule has 0 atom stereocenters. The predicted octanol–water partition coefficient (Wildman–Crippen LogP) is 2.74. The van der Waals surface area contributed by atoms with E-state index in [0.29, 0.717) is 28.3 Å². The lowest BCUT2D eigenvalue weighted by Crippen LogP contribution is -2.16. The highest BCUT2D eigenvalue weighted by Gasteiger charge is 2.23. The van der Waals surface area contributed by atoms with Crippen LogP contribution in [0, 0.1) is 6.92 Å². The lowest BCUT2D eigenvalue weighted by Gasteiger charge is -2.10. The Morgan fingerprint density at radius 1 is 1.07 bits per heavy atom. The zero-order chi connectivity index (χ0) is 21.1. The third kappa shape index (κ3) is 3.65. The Kier molecular flexibility index (Phi) is 5.04. The highest BCUT2D eigenvalue weighted by Crippen LogP contribution is 2.28. The molecule has 3 heterocycles. The van der Waals surface area contributed by atoms with Crippen LogP contribution in [0.25, 0.3) is 22.5 Å². The smallest absolute Gasteiger partial charge is 0.262 e. The normalized spacial score (nSPS) is 10.6. The number of nitrogen functional groups attached to an aromatic ring is 1. The molecule has 4 aromatic rings. The fourth-order valence-electron chi connectivity index (χ4n) is 2.81. The number of aromatic nitrogens is 5. The van der Waals surface area contributed by atoms with Crippen molar-refractivity contribution in [2.45, 2.75) is 6.92 Å². The van der Waals surface area contributed by atoms with E-state index in [1.54, 1.807) is 6.92 Å². The van der Waals surface area contributed by atoms with Crippen LogP contribution in [0.4, 0.5) is 11.8 Å². The van der Waals surface area contributed by atoms with E-state index in [9.17, 15) is 4.79 Å². The fraction of sp³-hybridized carbons (Fsp3) is 0.100. The van der Waals surface area contributed by atoms with Gasteiger partial charge < -0.3 is 20.3 Å². The predicted molar refractivity (Wildman–Crippen MR) is 109 cm³/mol. The Morgan fingerprint density at radius 3 is 2.50 bits per heavy atom. The van der Waals surface area contributed by atoms with Crippen molar-refractivity contribution >= 4 is 17.7 Å². The molecule has 0 radical (unpaired) electrons. The third-order valence-electron chi connectivity index (χ3n) is 4.27. The number of carbonyl (C=O) groups is 1. The van der Waals surface area contributed by atoms with Crippen LogP contribution in [0.5, 0.6) is 5.88 Å². The zero-order valence-electron chi connectivity index (χ0n) is 16.2. The summed E-state index contributed by atoms with van der Waals surface area (Å²) in [5.74, 6) is 0.383. The van der Waals surface area contributed by atoms with Crippen LogP contribution in [0.15, 0.2) is 53.4 Å². The molecular formula is C20H17N7O3. The van der Waals surface area contributed by atoms with Gasteiger partial charge in [-0.15, -0.1) is 0 Å². The molecule has 0 unspecified atom stereocenters. The van der Waals surface area contributed by atoms with E-state index < -0.39 is 5.91 Å². The van der Waals surface area contributed by atoms with Gasteiger partial charge in [-0.25, -0.2) is 19.9 Å². The number of anilines is 2. The average Bonchev–Trinajstić information content (AvgIpc) is 3.16. The van der Waals surface area contributed by atoms with Crippen molar-refractivity contribution in [2.75, 3.05) is 18.2 Å². The maximum absolute atomic E-state index is 13.0. The summed E-state index contributed by atoms with van der Waals surface area (Å²) in [5.41, 5.74) is 8.09. The summed E-state index contributed by atoms with van der Waals surface area (Å²) in [6.45, 7) is 1.67. The van der Waals surface area contributed by atoms with Gasteiger partial charge in [0.15, 0.2) is 5.82 Å². The molecular weight excluding hydrogens is 386 g/mol. The molecule has 3 N–H and O–H groups in total. The Morgan fingerprint density at radius 2 is 1.80 bits per heavy atom. The van der Waals surface area contributed by atoms with Crippen molar-refractivity contribution in [1.29, 1.82) is 0 Å². The van der Waals surface area contributed by atoms with Crippen molar-refractivity contribution in [3.8, 4) is 28.4 Å². The molecule has 0 aliphatic rings. The van der Waals surface area contributed by atoms with Crippen molar-refractivity contribution in [2.24, 2.45) is 0 Å². The summed E-state index contributed by atoms with van der Waals surface area (Å²) < 4.78 is 10.6. The van der Waals surface area contributed by atoms with Gasteiger partial charge >= 0.3 is 0 Å². The molecule has 1 amide bonds. The van der Waals surface area contributed by atoms with Crippen LogP contribution < -0.4 is 15.8 Å². The van der Waals surface area contributed by atoms with Crippen molar-refractivity contribution in [3.63, 3.8) is 0 Å². The Hall–Kier alpha value is -4.34. The number of benzene rings is 1. The average molecular weight is 403 g/mol. The number of hydrogen-bond acceptors (Lipinski definition) is 9. The lowest BCUT2D eigenvalue weighted by atomic mass is 10.1. The van der Waals surface area contributed by atoms with Crippen LogP contribution in [-0.4, -0.2) is 38.1 Å². The van der Waals surface area contributed by atoms with Crippen LogP contribution in [0.1, 0.15) is 16.1 Å². The molecule has 0 fully saturated rings. The molecule has 3 aromatic heterocycles. The SMILES string of the molecule is COc1nc(-c2cnc(N)nc2)cnc1NC(=O)c1c(-c2ccccc2)noc1C. The molecule has 0 spiro atoms. The minimum atomic E-state index is -0.441. The van der Waals surface area contributed by atoms with Crippen LogP contribution in [0.3, 0.4) is 0 Å². The number of carbonyl (C=O) groups excluding carboxylic acids is 1. The Balaban J connectivity index is 1.64. The quantitative estimate of drug-likeness (QED) is 0.514. The highest BCUT2D eigenvalue weighted by molar-refractivity contribution is 6.08. The van der Waals surface area contributed by atoms with Crippen molar-refractivity contribution in [3.05, 3.63) is 60.2 Å². The number of aryl methyl sites for hydroxylation is 1. The van der Waals surface area contributed by atoms with Gasteiger partial charge in [0, 0.05) is 23.5 Å². The number of nitrogens with two attached hydrogens (primary N) is 1. The molecule has 0 saturated heterocycles. The molecule has 0 saturated carbocycles. The van der Waals surface area contributed by atoms with Gasteiger partial charge in [-0.3, -0.25) is 4.79 Å². The van der Waals surface area contributed by atoms with Crippen molar-refractivity contribution in [1.82, 2.24) is 25.1 Å². The number of nitrogens with one attached hydrogen (secondary N) is 1. The van der Waals surface area contributed by atoms with E-state index in [0.717, 1.165) is 5.56 Å². The topological polar surface area (TPSA) is 142 Å². The highest BCUT2D eigenvalue weighted by atomic mass is 16.5. The van der Waals surface area contributed by atoms with Crippen LogP contribution in [-0.2, 0) is 0 Å². The monoisotopic (exact) mass is 403 g/mol. The van der Waals surface area contributed by atoms with E-state index >= 15 is 0 Å². The van der Waals surface area contributed by atoms with Gasteiger partial charge in [0.2, 0.25) is 5.95 Å². The molecule has 10 nitrogen and oxygen atoms in total. The number of hydrogen-bond donors (Lipinski definition) is 2. The van der Waals surface area contributed by atoms with Gasteiger partial charge in [-0.1, -0.05) is 35.5 Å². The molecule has 30 heavy (non-hydrogen) atoms. The summed E-state index contributed by atoms with van der Waals surface area (Å²) in [4.78, 5) is 29.5. The lowest BCUT2D eigenvalue weighted by molar-refractivity contribution is 0.102. The number of rotatable bonds is 5. The molecule has 0 aliphatic carbocycles. The van der Waals surface area contributed by atoms with Gasteiger partial charge in [0.05, 0.1) is 19.0 Å². The fourth-order valence-corrected chi connectivity index (χ4v) is 2.81. The van der Waals surface area contributed by atoms with Crippen molar-refractivity contribution < 1.29 is 14.1 Å². The third-order valence-corrected chi connectivity index (χ3v) is 4.27. The number of methoxy groups -OCH3 is 1. The number of nitrogens with zero attached hydrogens (tertiary/aromatic N) is 5. The zero-order valence-corrected chi connectivity index (χ0v) is 16.2. The first kappa shape index (κ1) is 19.0. The summed E-state index contributed by atoms with van der Waals surface area (Å²) in [7, 11) is 1.43. The second-order valence-electron chi connectivity index (χ2n) is 6.23. The minimum Gasteiger partial charge on any atom is -0.478 e. The van der Waals surface area contributed by atoms with Crippen LogP contribution in [0.2, 0.25) is 0 Å². The van der Waals surface area contributed by atoms with Gasteiger partial charge in [0.1, 0.15) is 17.0 Å². The second-order valence-corrected chi connectivity index (χ2v) is 6.23. The van der Waals surface area contributed by atoms with E-state index in [4.69, 9.17) is 15.0 Å². The minimum absolute atomic E-state index is 0.132. The first-order chi connectivity index (χ1) is 14.6. The molecule has 150 valence electrons. The number of ether oxygens (including phenoxy) is 1. The van der Waals surface area contributed by atoms with Gasteiger partial charge in [0.25, 0.3) is 11.8 Å². The standard InChI is InChI=1S/C20H17N7O3/c1-11-15(16(27-30-11)12-6-4-3-5-7-12)18(28)26-17-19(29-2)25-14(10-22-17)13-8-23-20(21)24-9-13/h3-10H,1-2H3,(H2,21,23,24)(H,22,26,28). The molecule has 0 aliphatic heterocycles.